The van der Waals surface area contributed by atoms with Crippen LogP contribution in [0.1, 0.15) is 44.9 Å². The summed E-state index contributed by atoms with van der Waals surface area (Å²) < 4.78 is 0. The highest BCUT2D eigenvalue weighted by atomic mass is 35.5. The van der Waals surface area contributed by atoms with E-state index in [1.54, 1.807) is 0 Å². The Hall–Kier alpha value is -0.0400. The Morgan fingerprint density at radius 3 is 2.08 bits per heavy atom. The summed E-state index contributed by atoms with van der Waals surface area (Å²) in [6.07, 6.45) is 8.53. The van der Waals surface area contributed by atoms with Crippen LogP contribution in [0.2, 0.25) is 0 Å². The summed E-state index contributed by atoms with van der Waals surface area (Å²) >= 11 is 5.53. The Kier molecular flexibility index (Phi) is 4.67. The Bertz CT molecular complexity index is 137. The fraction of sp³-hybridized carbons (Fsp3) is 0.900. The van der Waals surface area contributed by atoms with Crippen molar-refractivity contribution in [1.29, 1.82) is 0 Å². The van der Waals surface area contributed by atoms with Gasteiger partial charge in [0.05, 0.1) is 5.88 Å². The van der Waals surface area contributed by atoms with Crippen LogP contribution in [0.3, 0.4) is 0 Å². The van der Waals surface area contributed by atoms with Crippen molar-refractivity contribution in [1.82, 2.24) is 0 Å². The summed E-state index contributed by atoms with van der Waals surface area (Å²) in [5, 5.41) is 0. The third-order valence-corrected chi connectivity index (χ3v) is 2.96. The van der Waals surface area contributed by atoms with Crippen molar-refractivity contribution < 1.29 is 4.79 Å². The predicted octanol–water partition coefficient (Wildman–Crippen LogP) is 3.15. The normalized spacial score (nSPS) is 21.4. The van der Waals surface area contributed by atoms with Crippen LogP contribution in [0.5, 0.6) is 0 Å². The van der Waals surface area contributed by atoms with Gasteiger partial charge >= 0.3 is 0 Å². The number of halogens is 1. The molecule has 0 aliphatic heterocycles. The molecule has 0 saturated heterocycles. The zero-order valence-corrected chi connectivity index (χ0v) is 8.28. The summed E-state index contributed by atoms with van der Waals surface area (Å²) in [6, 6.07) is 0. The standard InChI is InChI=1S/C10H17ClO/c11-8-10(12)9-6-4-2-1-3-5-7-9/h9H,1-8H2. The van der Waals surface area contributed by atoms with Crippen LogP contribution in [-0.2, 0) is 4.79 Å². The molecule has 0 atom stereocenters. The minimum atomic E-state index is 0.213. The van der Waals surface area contributed by atoms with Crippen molar-refractivity contribution in [3.8, 4) is 0 Å². The highest BCUT2D eigenvalue weighted by Crippen LogP contribution is 2.23. The summed E-state index contributed by atoms with van der Waals surface area (Å²) in [7, 11) is 0. The molecule has 0 bridgehead atoms. The van der Waals surface area contributed by atoms with E-state index in [0.717, 1.165) is 12.8 Å². The Balaban J connectivity index is 2.34. The molecule has 1 rings (SSSR count). The van der Waals surface area contributed by atoms with Crippen LogP contribution in [0.25, 0.3) is 0 Å². The molecule has 0 amide bonds. The van der Waals surface area contributed by atoms with Crippen molar-refractivity contribution in [2.24, 2.45) is 5.92 Å². The second-order valence-electron chi connectivity index (χ2n) is 3.64. The molecule has 2 heteroatoms. The van der Waals surface area contributed by atoms with Crippen molar-refractivity contribution >= 4 is 17.4 Å². The smallest absolute Gasteiger partial charge is 0.150 e. The molecule has 0 aromatic rings. The van der Waals surface area contributed by atoms with Crippen LogP contribution in [-0.4, -0.2) is 11.7 Å². The van der Waals surface area contributed by atoms with Crippen molar-refractivity contribution in [3.05, 3.63) is 0 Å². The number of Topliss-reactive ketones (excluding diaryl/α,β-unsaturated/α-hetero) is 1. The Labute approximate surface area is 79.5 Å². The van der Waals surface area contributed by atoms with Gasteiger partial charge in [-0.3, -0.25) is 4.79 Å². The summed E-state index contributed by atoms with van der Waals surface area (Å²) in [4.78, 5) is 11.3. The lowest BCUT2D eigenvalue weighted by Crippen LogP contribution is -2.16. The minimum Gasteiger partial charge on any atom is -0.298 e. The van der Waals surface area contributed by atoms with Gasteiger partial charge in [0.2, 0.25) is 0 Å². The number of hydrogen-bond donors (Lipinski definition) is 0. The lowest BCUT2D eigenvalue weighted by Gasteiger charge is -2.16. The number of carbonyl (C=O) groups excluding carboxylic acids is 1. The largest absolute Gasteiger partial charge is 0.298 e. The molecule has 1 aliphatic carbocycles. The van der Waals surface area contributed by atoms with Gasteiger partial charge in [0, 0.05) is 5.92 Å². The number of carbonyl (C=O) groups is 1. The van der Waals surface area contributed by atoms with E-state index in [1.807, 2.05) is 0 Å². The minimum absolute atomic E-state index is 0.213. The molecule has 1 aliphatic rings. The lowest BCUT2D eigenvalue weighted by atomic mass is 9.89. The number of alkyl halides is 1. The van der Waals surface area contributed by atoms with Gasteiger partial charge in [0.1, 0.15) is 0 Å². The number of rotatable bonds is 2. The average molecular weight is 189 g/mol. The molecule has 70 valence electrons. The Morgan fingerprint density at radius 1 is 1.08 bits per heavy atom. The van der Waals surface area contributed by atoms with E-state index < -0.39 is 0 Å². The SMILES string of the molecule is O=C(CCl)C1CCCCCCC1. The molecule has 0 spiro atoms. The third kappa shape index (κ3) is 3.14. The van der Waals surface area contributed by atoms with Crippen molar-refractivity contribution in [2.45, 2.75) is 44.9 Å². The van der Waals surface area contributed by atoms with Crippen LogP contribution in [0, 0.1) is 5.92 Å². The quantitative estimate of drug-likeness (QED) is 0.609. The van der Waals surface area contributed by atoms with Gasteiger partial charge < -0.3 is 0 Å². The molecule has 12 heavy (non-hydrogen) atoms. The van der Waals surface area contributed by atoms with Crippen LogP contribution in [0.4, 0.5) is 0 Å². The first kappa shape index (κ1) is 10.0. The monoisotopic (exact) mass is 188 g/mol. The maximum absolute atomic E-state index is 11.3. The summed E-state index contributed by atoms with van der Waals surface area (Å²) in [5.41, 5.74) is 0. The molecule has 0 aromatic carbocycles. The highest BCUT2D eigenvalue weighted by Gasteiger charge is 2.17. The van der Waals surface area contributed by atoms with E-state index >= 15 is 0 Å². The van der Waals surface area contributed by atoms with Gasteiger partial charge in [-0.15, -0.1) is 11.6 Å². The molecule has 0 heterocycles. The van der Waals surface area contributed by atoms with E-state index in [2.05, 4.69) is 0 Å². The molecular formula is C10H17ClO. The van der Waals surface area contributed by atoms with Crippen LogP contribution < -0.4 is 0 Å². The second kappa shape index (κ2) is 5.58. The maximum Gasteiger partial charge on any atom is 0.150 e. The van der Waals surface area contributed by atoms with E-state index in [-0.39, 0.29) is 17.6 Å². The van der Waals surface area contributed by atoms with Crippen LogP contribution >= 0.6 is 11.6 Å². The average Bonchev–Trinajstić information content (AvgIpc) is 2.02. The number of ketones is 1. The van der Waals surface area contributed by atoms with E-state index in [1.165, 1.54) is 32.1 Å². The van der Waals surface area contributed by atoms with Gasteiger partial charge in [-0.05, 0) is 12.8 Å². The first-order valence-corrected chi connectivity index (χ1v) is 5.46. The molecule has 0 radical (unpaired) electrons. The van der Waals surface area contributed by atoms with Crippen LogP contribution in [0.15, 0.2) is 0 Å². The second-order valence-corrected chi connectivity index (χ2v) is 3.91. The lowest BCUT2D eigenvalue weighted by molar-refractivity contribution is -0.121. The van der Waals surface area contributed by atoms with E-state index in [9.17, 15) is 4.79 Å². The zero-order chi connectivity index (χ0) is 8.81. The molecule has 1 saturated carbocycles. The summed E-state index contributed by atoms with van der Waals surface area (Å²) in [6.45, 7) is 0. The summed E-state index contributed by atoms with van der Waals surface area (Å²) in [5.74, 6) is 0.756. The zero-order valence-electron chi connectivity index (χ0n) is 7.52. The first-order valence-electron chi connectivity index (χ1n) is 4.93. The number of hydrogen-bond acceptors (Lipinski definition) is 1. The molecule has 1 nitrogen and oxygen atoms in total. The highest BCUT2D eigenvalue weighted by molar-refractivity contribution is 6.27. The molecular weight excluding hydrogens is 172 g/mol. The molecule has 1 fully saturated rings. The predicted molar refractivity (Wildman–Crippen MR) is 51.5 cm³/mol. The van der Waals surface area contributed by atoms with Gasteiger partial charge in [-0.1, -0.05) is 32.1 Å². The maximum atomic E-state index is 11.3. The van der Waals surface area contributed by atoms with Crippen molar-refractivity contribution in [2.75, 3.05) is 5.88 Å². The molecule has 0 N–H and O–H groups in total. The van der Waals surface area contributed by atoms with Gasteiger partial charge in [-0.2, -0.15) is 0 Å². The van der Waals surface area contributed by atoms with Gasteiger partial charge in [0.15, 0.2) is 5.78 Å². The fourth-order valence-electron chi connectivity index (χ4n) is 1.89. The fourth-order valence-corrected chi connectivity index (χ4v) is 2.11. The molecule has 0 aromatic heterocycles. The molecule has 0 unspecified atom stereocenters. The van der Waals surface area contributed by atoms with Crippen molar-refractivity contribution in [3.63, 3.8) is 0 Å². The third-order valence-electron chi connectivity index (χ3n) is 2.69. The van der Waals surface area contributed by atoms with Gasteiger partial charge in [0.25, 0.3) is 0 Å². The van der Waals surface area contributed by atoms with E-state index in [4.69, 9.17) is 11.6 Å². The first-order chi connectivity index (χ1) is 5.84. The van der Waals surface area contributed by atoms with E-state index in [0.29, 0.717) is 0 Å². The topological polar surface area (TPSA) is 17.1 Å². The Morgan fingerprint density at radius 2 is 1.58 bits per heavy atom. The van der Waals surface area contributed by atoms with Gasteiger partial charge in [-0.25, -0.2) is 0 Å².